The number of anilines is 1. The van der Waals surface area contributed by atoms with Gasteiger partial charge in [0.15, 0.2) is 0 Å². The Balaban J connectivity index is 2.18. The van der Waals surface area contributed by atoms with Crippen molar-refractivity contribution in [3.8, 4) is 5.75 Å². The number of fused-ring (bicyclic) bond motifs is 1. The molecule has 2 aromatic carbocycles. The predicted octanol–water partition coefficient (Wildman–Crippen LogP) is 5.02. The predicted molar refractivity (Wildman–Crippen MR) is 118 cm³/mol. The number of hydrogen-bond donors (Lipinski definition) is 0. The maximum Gasteiger partial charge on any atom is 0.421 e. The van der Waals surface area contributed by atoms with Crippen LogP contribution in [0.1, 0.15) is 58.1 Å². The molecular formula is C25H29NO5. The second-order valence-electron chi connectivity index (χ2n) is 8.66. The maximum absolute atomic E-state index is 14.0. The Morgan fingerprint density at radius 1 is 1.03 bits per heavy atom. The van der Waals surface area contributed by atoms with Gasteiger partial charge in [-0.05, 0) is 56.5 Å². The molecule has 0 bridgehead atoms. The summed E-state index contributed by atoms with van der Waals surface area (Å²) in [4.78, 5) is 40.3. The first kappa shape index (κ1) is 22.5. The summed E-state index contributed by atoms with van der Waals surface area (Å²) in [5.41, 5.74) is -0.0253. The minimum atomic E-state index is -1.16. The Morgan fingerprint density at radius 2 is 1.68 bits per heavy atom. The first-order valence-corrected chi connectivity index (χ1v) is 10.5. The number of nitrogens with zero attached hydrogens (tertiary/aromatic N) is 1. The highest BCUT2D eigenvalue weighted by Gasteiger charge is 2.54. The molecule has 164 valence electrons. The zero-order valence-corrected chi connectivity index (χ0v) is 18.7. The summed E-state index contributed by atoms with van der Waals surface area (Å²) in [6, 6.07) is 14.4. The van der Waals surface area contributed by atoms with Crippen molar-refractivity contribution in [3.63, 3.8) is 0 Å². The summed E-state index contributed by atoms with van der Waals surface area (Å²) in [6.45, 7) is 7.08. The normalized spacial score (nSPS) is 18.0. The number of amides is 2. The van der Waals surface area contributed by atoms with Crippen molar-refractivity contribution in [1.82, 2.24) is 0 Å². The number of ketones is 1. The van der Waals surface area contributed by atoms with Crippen LogP contribution in [0.5, 0.6) is 5.75 Å². The van der Waals surface area contributed by atoms with Crippen LogP contribution in [0.15, 0.2) is 48.5 Å². The Morgan fingerprint density at radius 3 is 2.26 bits per heavy atom. The van der Waals surface area contributed by atoms with Gasteiger partial charge < -0.3 is 9.47 Å². The average molecular weight is 424 g/mol. The third kappa shape index (κ3) is 4.20. The summed E-state index contributed by atoms with van der Waals surface area (Å²) in [6.07, 6.45) is 0.165. The lowest BCUT2D eigenvalue weighted by Gasteiger charge is -2.30. The van der Waals surface area contributed by atoms with Crippen molar-refractivity contribution in [2.75, 3.05) is 12.0 Å². The highest BCUT2D eigenvalue weighted by atomic mass is 16.6. The molecule has 0 saturated carbocycles. The molecule has 0 aliphatic carbocycles. The van der Waals surface area contributed by atoms with Gasteiger partial charge in [-0.25, -0.2) is 9.69 Å². The number of Topliss-reactive ketones (excluding diaryl/α,β-unsaturated/α-hetero) is 1. The smallest absolute Gasteiger partial charge is 0.421 e. The van der Waals surface area contributed by atoms with E-state index in [1.807, 2.05) is 24.3 Å². The summed E-state index contributed by atoms with van der Waals surface area (Å²) >= 11 is 0. The molecule has 1 atom stereocenters. The molecule has 1 aliphatic rings. The lowest BCUT2D eigenvalue weighted by molar-refractivity contribution is -0.122. The standard InChI is InChI=1S/C25H29NO5/c1-6-18(27)15-16-25(17-11-13-19(30-5)14-12-17)20-9-7-8-10-21(20)26(22(25)28)23(29)31-24(2,3)4/h7-14H,6,15-16H2,1-5H3/t25-/m0/s1. The summed E-state index contributed by atoms with van der Waals surface area (Å²) in [5.74, 6) is 0.317. The lowest BCUT2D eigenvalue weighted by Crippen LogP contribution is -2.46. The fraction of sp³-hybridized carbons (Fsp3) is 0.400. The van der Waals surface area contributed by atoms with Crippen molar-refractivity contribution in [2.45, 2.75) is 58.0 Å². The van der Waals surface area contributed by atoms with Crippen LogP contribution in [0.3, 0.4) is 0 Å². The molecule has 0 N–H and O–H groups in total. The molecule has 6 heteroatoms. The van der Waals surface area contributed by atoms with Gasteiger partial charge in [0.2, 0.25) is 0 Å². The average Bonchev–Trinajstić information content (AvgIpc) is 2.99. The Hall–Kier alpha value is -3.15. The number of hydrogen-bond acceptors (Lipinski definition) is 5. The van der Waals surface area contributed by atoms with E-state index < -0.39 is 23.0 Å². The second kappa shape index (κ2) is 8.53. The third-order valence-corrected chi connectivity index (χ3v) is 5.50. The van der Waals surface area contributed by atoms with Crippen molar-refractivity contribution in [3.05, 3.63) is 59.7 Å². The van der Waals surface area contributed by atoms with Gasteiger partial charge in [-0.15, -0.1) is 0 Å². The van der Waals surface area contributed by atoms with E-state index in [0.29, 0.717) is 29.0 Å². The quantitative estimate of drug-likeness (QED) is 0.652. The number of imide groups is 1. The highest BCUT2D eigenvalue weighted by Crippen LogP contribution is 2.49. The lowest BCUT2D eigenvalue weighted by atomic mass is 9.71. The van der Waals surface area contributed by atoms with Crippen LogP contribution in [0.4, 0.5) is 10.5 Å². The van der Waals surface area contributed by atoms with Gasteiger partial charge in [0.1, 0.15) is 22.5 Å². The molecule has 1 aliphatic heterocycles. The van der Waals surface area contributed by atoms with E-state index in [9.17, 15) is 14.4 Å². The van der Waals surface area contributed by atoms with Crippen molar-refractivity contribution in [1.29, 1.82) is 0 Å². The fourth-order valence-corrected chi connectivity index (χ4v) is 3.98. The zero-order chi connectivity index (χ0) is 22.8. The minimum Gasteiger partial charge on any atom is -0.497 e. The first-order chi connectivity index (χ1) is 14.6. The van der Waals surface area contributed by atoms with E-state index in [-0.39, 0.29) is 18.6 Å². The molecule has 2 amide bonds. The van der Waals surface area contributed by atoms with Gasteiger partial charge in [0.05, 0.1) is 12.8 Å². The molecule has 0 radical (unpaired) electrons. The highest BCUT2D eigenvalue weighted by molar-refractivity contribution is 6.22. The Labute approximate surface area is 183 Å². The summed E-state index contributed by atoms with van der Waals surface area (Å²) < 4.78 is 10.8. The van der Waals surface area contributed by atoms with E-state index in [4.69, 9.17) is 9.47 Å². The number of carbonyl (C=O) groups excluding carboxylic acids is 3. The molecule has 0 spiro atoms. The van der Waals surface area contributed by atoms with Crippen LogP contribution >= 0.6 is 0 Å². The van der Waals surface area contributed by atoms with E-state index in [1.54, 1.807) is 59.1 Å². The molecule has 1 heterocycles. The van der Waals surface area contributed by atoms with Gasteiger partial charge in [-0.3, -0.25) is 9.59 Å². The Bertz CT molecular complexity index is 990. The second-order valence-corrected chi connectivity index (χ2v) is 8.66. The molecule has 0 saturated heterocycles. The van der Waals surface area contributed by atoms with Gasteiger partial charge in [-0.2, -0.15) is 0 Å². The molecule has 0 aromatic heterocycles. The Kier molecular flexibility index (Phi) is 6.20. The van der Waals surface area contributed by atoms with Gasteiger partial charge >= 0.3 is 6.09 Å². The number of ether oxygens (including phenoxy) is 2. The number of methoxy groups -OCH3 is 1. The van der Waals surface area contributed by atoms with Gasteiger partial charge in [0.25, 0.3) is 5.91 Å². The van der Waals surface area contributed by atoms with Crippen molar-refractivity contribution < 1.29 is 23.9 Å². The molecule has 2 aromatic rings. The van der Waals surface area contributed by atoms with E-state index in [0.717, 1.165) is 4.90 Å². The van der Waals surface area contributed by atoms with E-state index in [1.165, 1.54) is 0 Å². The zero-order valence-electron chi connectivity index (χ0n) is 18.7. The number of para-hydroxylation sites is 1. The number of carbonyl (C=O) groups is 3. The molecule has 0 fully saturated rings. The van der Waals surface area contributed by atoms with Crippen LogP contribution in [0.2, 0.25) is 0 Å². The van der Waals surface area contributed by atoms with Crippen LogP contribution in [0.25, 0.3) is 0 Å². The molecule has 0 unspecified atom stereocenters. The maximum atomic E-state index is 14.0. The monoisotopic (exact) mass is 423 g/mol. The number of rotatable bonds is 6. The third-order valence-electron chi connectivity index (χ3n) is 5.50. The minimum absolute atomic E-state index is 0.0638. The summed E-state index contributed by atoms with van der Waals surface area (Å²) in [7, 11) is 1.57. The van der Waals surface area contributed by atoms with Gasteiger partial charge in [-0.1, -0.05) is 37.3 Å². The van der Waals surface area contributed by atoms with Crippen LogP contribution in [0, 0.1) is 0 Å². The fourth-order valence-electron chi connectivity index (χ4n) is 3.98. The van der Waals surface area contributed by atoms with E-state index >= 15 is 0 Å². The van der Waals surface area contributed by atoms with Crippen LogP contribution < -0.4 is 9.64 Å². The molecule has 31 heavy (non-hydrogen) atoms. The van der Waals surface area contributed by atoms with Crippen LogP contribution in [-0.2, 0) is 19.7 Å². The molecule has 3 rings (SSSR count). The van der Waals surface area contributed by atoms with Crippen molar-refractivity contribution in [2.24, 2.45) is 0 Å². The largest absolute Gasteiger partial charge is 0.497 e. The molecule has 6 nitrogen and oxygen atoms in total. The first-order valence-electron chi connectivity index (χ1n) is 10.5. The van der Waals surface area contributed by atoms with Crippen molar-refractivity contribution >= 4 is 23.5 Å². The van der Waals surface area contributed by atoms with E-state index in [2.05, 4.69) is 0 Å². The topological polar surface area (TPSA) is 72.9 Å². The number of benzene rings is 2. The molecular weight excluding hydrogens is 394 g/mol. The van der Waals surface area contributed by atoms with Gasteiger partial charge in [0, 0.05) is 12.8 Å². The summed E-state index contributed by atoms with van der Waals surface area (Å²) in [5, 5.41) is 0. The SMILES string of the molecule is CCC(=O)CC[C@@]1(c2ccc(OC)cc2)C(=O)N(C(=O)OC(C)(C)C)c2ccccc21. The van der Waals surface area contributed by atoms with Crippen LogP contribution in [-0.4, -0.2) is 30.5 Å².